The van der Waals surface area contributed by atoms with E-state index in [1.54, 1.807) is 0 Å². The van der Waals surface area contributed by atoms with Crippen molar-refractivity contribution >= 4 is 5.97 Å². The van der Waals surface area contributed by atoms with E-state index in [0.717, 1.165) is 6.42 Å². The molecule has 0 heterocycles. The number of fused-ring (bicyclic) bond motifs is 2. The summed E-state index contributed by atoms with van der Waals surface area (Å²) in [5, 5.41) is 0. The van der Waals surface area contributed by atoms with E-state index >= 15 is 0 Å². The molecule has 0 saturated heterocycles. The van der Waals surface area contributed by atoms with E-state index in [0.29, 0.717) is 6.61 Å². The van der Waals surface area contributed by atoms with Gasteiger partial charge in [-0.3, -0.25) is 0 Å². The van der Waals surface area contributed by atoms with Crippen LogP contribution in [0.4, 0.5) is 0 Å². The van der Waals surface area contributed by atoms with Crippen molar-refractivity contribution in [2.45, 2.75) is 77.8 Å². The van der Waals surface area contributed by atoms with E-state index in [1.165, 1.54) is 0 Å². The quantitative estimate of drug-likeness (QED) is 0.589. The molecule has 22 heavy (non-hydrogen) atoms. The van der Waals surface area contributed by atoms with E-state index in [-0.39, 0.29) is 29.5 Å². The van der Waals surface area contributed by atoms with Gasteiger partial charge in [0.25, 0.3) is 0 Å². The lowest BCUT2D eigenvalue weighted by Crippen LogP contribution is -2.60. The molecule has 0 aromatic carbocycles. The van der Waals surface area contributed by atoms with Crippen LogP contribution in [0.1, 0.15) is 54.9 Å². The van der Waals surface area contributed by atoms with E-state index < -0.39 is 11.2 Å². The van der Waals surface area contributed by atoms with Crippen molar-refractivity contribution in [1.29, 1.82) is 0 Å². The van der Waals surface area contributed by atoms with Gasteiger partial charge in [-0.1, -0.05) is 12.2 Å². The van der Waals surface area contributed by atoms with Gasteiger partial charge >= 0.3 is 5.97 Å². The number of rotatable bonds is 4. The molecule has 0 N–H and O–H groups in total. The summed E-state index contributed by atoms with van der Waals surface area (Å²) in [6, 6.07) is 0. The van der Waals surface area contributed by atoms with Gasteiger partial charge in [-0.15, -0.1) is 0 Å². The van der Waals surface area contributed by atoms with Crippen LogP contribution in [0.25, 0.3) is 0 Å². The summed E-state index contributed by atoms with van der Waals surface area (Å²) in [6.45, 7) is 14.1. The molecule has 2 aliphatic rings. The first kappa shape index (κ1) is 17.5. The molecule has 0 radical (unpaired) electrons. The summed E-state index contributed by atoms with van der Waals surface area (Å²) in [4.78, 5) is 12.9. The van der Waals surface area contributed by atoms with Crippen molar-refractivity contribution in [1.82, 2.24) is 0 Å². The molecule has 0 aliphatic heterocycles. The van der Waals surface area contributed by atoms with Crippen molar-refractivity contribution in [2.24, 2.45) is 11.8 Å². The highest BCUT2D eigenvalue weighted by atomic mass is 16.6. The van der Waals surface area contributed by atoms with Crippen LogP contribution in [-0.2, 0) is 19.0 Å². The Kier molecular flexibility index (Phi) is 4.48. The third-order valence-corrected chi connectivity index (χ3v) is 4.03. The van der Waals surface area contributed by atoms with Crippen LogP contribution in [0.5, 0.6) is 0 Å². The molecule has 4 atom stereocenters. The molecule has 4 nitrogen and oxygen atoms in total. The van der Waals surface area contributed by atoms with E-state index in [2.05, 4.69) is 12.2 Å². The van der Waals surface area contributed by atoms with Crippen LogP contribution in [0, 0.1) is 11.8 Å². The zero-order chi connectivity index (χ0) is 16.8. The lowest BCUT2D eigenvalue weighted by Gasteiger charge is -2.45. The lowest BCUT2D eigenvalue weighted by atomic mass is 9.84. The van der Waals surface area contributed by atoms with Crippen LogP contribution in [0.2, 0.25) is 0 Å². The average Bonchev–Trinajstić information content (AvgIpc) is 2.88. The Labute approximate surface area is 134 Å². The molecule has 0 aromatic rings. The van der Waals surface area contributed by atoms with Gasteiger partial charge in [-0.05, 0) is 54.9 Å². The first-order chi connectivity index (χ1) is 9.99. The maximum atomic E-state index is 12.9. The fourth-order valence-electron chi connectivity index (χ4n) is 3.55. The van der Waals surface area contributed by atoms with Crippen molar-refractivity contribution < 1.29 is 19.0 Å². The first-order valence-electron chi connectivity index (χ1n) is 8.23. The standard InChI is InChI=1S/C18H30O4/c1-8-20-15(19)18(22-17(5,6)7)13-10-9-12(11-13)14(18)21-16(2,3)4/h9-10,12-14H,8,11H2,1-7H3. The number of esters is 1. The van der Waals surface area contributed by atoms with Gasteiger partial charge < -0.3 is 14.2 Å². The van der Waals surface area contributed by atoms with Gasteiger partial charge in [0.05, 0.1) is 17.8 Å². The zero-order valence-electron chi connectivity index (χ0n) is 14.9. The maximum absolute atomic E-state index is 12.9. The maximum Gasteiger partial charge on any atom is 0.341 e. The Balaban J connectivity index is 2.43. The molecule has 2 aliphatic carbocycles. The summed E-state index contributed by atoms with van der Waals surface area (Å²) in [6.07, 6.45) is 4.83. The Morgan fingerprint density at radius 2 is 1.77 bits per heavy atom. The highest BCUT2D eigenvalue weighted by Gasteiger charge is 2.65. The largest absolute Gasteiger partial charge is 0.464 e. The number of carbonyl (C=O) groups is 1. The number of hydrogen-bond acceptors (Lipinski definition) is 4. The SMILES string of the molecule is CCOC(=O)C1(OC(C)(C)C)C2C=CC(C2)C1OC(C)(C)C. The number of ether oxygens (including phenoxy) is 3. The Morgan fingerprint density at radius 1 is 1.14 bits per heavy atom. The molecule has 4 heteroatoms. The smallest absolute Gasteiger partial charge is 0.341 e. The highest BCUT2D eigenvalue weighted by molar-refractivity contribution is 5.83. The average molecular weight is 310 g/mol. The minimum Gasteiger partial charge on any atom is -0.464 e. The summed E-state index contributed by atoms with van der Waals surface area (Å²) >= 11 is 0. The van der Waals surface area contributed by atoms with Crippen molar-refractivity contribution in [3.63, 3.8) is 0 Å². The predicted molar refractivity (Wildman–Crippen MR) is 85.6 cm³/mol. The molecule has 0 spiro atoms. The summed E-state index contributed by atoms with van der Waals surface area (Å²) in [5.74, 6) is -0.0740. The van der Waals surface area contributed by atoms with E-state index in [9.17, 15) is 4.79 Å². The van der Waals surface area contributed by atoms with Crippen LogP contribution < -0.4 is 0 Å². The Morgan fingerprint density at radius 3 is 2.27 bits per heavy atom. The molecule has 2 bridgehead atoms. The Bertz CT molecular complexity index is 455. The van der Waals surface area contributed by atoms with Gasteiger partial charge in [-0.2, -0.15) is 0 Å². The van der Waals surface area contributed by atoms with Crippen molar-refractivity contribution in [3.8, 4) is 0 Å². The topological polar surface area (TPSA) is 44.8 Å². The highest BCUT2D eigenvalue weighted by Crippen LogP contribution is 2.53. The second-order valence-corrected chi connectivity index (χ2v) is 8.27. The molecule has 2 rings (SSSR count). The van der Waals surface area contributed by atoms with Crippen LogP contribution in [-0.4, -0.2) is 35.5 Å². The molecular formula is C18H30O4. The monoisotopic (exact) mass is 310 g/mol. The zero-order valence-corrected chi connectivity index (χ0v) is 14.9. The molecule has 4 unspecified atom stereocenters. The molecule has 1 saturated carbocycles. The fraction of sp³-hybridized carbons (Fsp3) is 0.833. The molecule has 1 fully saturated rings. The first-order valence-corrected chi connectivity index (χ1v) is 8.23. The van der Waals surface area contributed by atoms with Crippen molar-refractivity contribution in [3.05, 3.63) is 12.2 Å². The van der Waals surface area contributed by atoms with Gasteiger partial charge in [0.1, 0.15) is 6.10 Å². The van der Waals surface area contributed by atoms with E-state index in [4.69, 9.17) is 14.2 Å². The molecule has 126 valence electrons. The molecule has 0 amide bonds. The fourth-order valence-corrected chi connectivity index (χ4v) is 3.55. The van der Waals surface area contributed by atoms with Crippen LogP contribution >= 0.6 is 0 Å². The summed E-state index contributed by atoms with van der Waals surface area (Å²) in [7, 11) is 0. The third kappa shape index (κ3) is 3.23. The van der Waals surface area contributed by atoms with Crippen LogP contribution in [0.15, 0.2) is 12.2 Å². The third-order valence-electron chi connectivity index (χ3n) is 4.03. The number of hydrogen-bond donors (Lipinski definition) is 0. The van der Waals surface area contributed by atoms with Crippen LogP contribution in [0.3, 0.4) is 0 Å². The van der Waals surface area contributed by atoms with E-state index in [1.807, 2.05) is 48.5 Å². The predicted octanol–water partition coefficient (Wildman–Crippen LogP) is 3.49. The second kappa shape index (κ2) is 5.64. The Hall–Kier alpha value is -0.870. The van der Waals surface area contributed by atoms with Gasteiger partial charge in [0, 0.05) is 11.8 Å². The van der Waals surface area contributed by atoms with Gasteiger partial charge in [0.15, 0.2) is 5.60 Å². The summed E-state index contributed by atoms with van der Waals surface area (Å²) < 4.78 is 18.0. The lowest BCUT2D eigenvalue weighted by molar-refractivity contribution is -0.236. The van der Waals surface area contributed by atoms with Crippen molar-refractivity contribution in [2.75, 3.05) is 6.61 Å². The minimum absolute atomic E-state index is 0.0168. The second-order valence-electron chi connectivity index (χ2n) is 8.27. The van der Waals surface area contributed by atoms with Gasteiger partial charge in [0.2, 0.25) is 0 Å². The minimum atomic E-state index is -1.04. The summed E-state index contributed by atoms with van der Waals surface area (Å²) in [5.41, 5.74) is -1.84. The normalized spacial score (nSPS) is 34.2. The van der Waals surface area contributed by atoms with Gasteiger partial charge in [-0.25, -0.2) is 4.79 Å². The molecular weight excluding hydrogens is 280 g/mol. The number of carbonyl (C=O) groups excluding carboxylic acids is 1. The molecule has 0 aromatic heterocycles.